The smallest absolute Gasteiger partial charge is 0.0602 e. The van der Waals surface area contributed by atoms with Gasteiger partial charge in [0.05, 0.1) is 11.4 Å². The van der Waals surface area contributed by atoms with Crippen molar-refractivity contribution < 1.29 is 0 Å². The number of para-hydroxylation sites is 2. The molecule has 0 aromatic heterocycles. The zero-order valence-corrected chi connectivity index (χ0v) is 7.54. The lowest BCUT2D eigenvalue weighted by atomic mass is 10.1. The van der Waals surface area contributed by atoms with Crippen LogP contribution in [0.25, 0.3) is 0 Å². The van der Waals surface area contributed by atoms with E-state index in [1.54, 1.807) is 0 Å². The first-order valence-corrected chi connectivity index (χ1v) is 4.35. The van der Waals surface area contributed by atoms with Crippen molar-refractivity contribution in [2.45, 2.75) is 13.0 Å². The van der Waals surface area contributed by atoms with E-state index in [-0.39, 0.29) is 0 Å². The Labute approximate surface area is 73.2 Å². The second kappa shape index (κ2) is 2.70. The van der Waals surface area contributed by atoms with Gasteiger partial charge in [0.1, 0.15) is 0 Å². The summed E-state index contributed by atoms with van der Waals surface area (Å²) < 4.78 is 0. The third-order valence-corrected chi connectivity index (χ3v) is 2.53. The molecule has 1 aliphatic rings. The molecule has 2 rings (SSSR count). The number of rotatable bonds is 0. The predicted octanol–water partition coefficient (Wildman–Crippen LogP) is 1.94. The van der Waals surface area contributed by atoms with Gasteiger partial charge in [-0.15, -0.1) is 0 Å². The second-order valence-electron chi connectivity index (χ2n) is 3.36. The largest absolute Gasteiger partial charge is 0.381 e. The average molecular weight is 162 g/mol. The highest BCUT2D eigenvalue weighted by Gasteiger charge is 2.17. The summed E-state index contributed by atoms with van der Waals surface area (Å²) in [4.78, 5) is 2.31. The molecule has 1 unspecified atom stereocenters. The van der Waals surface area contributed by atoms with Crippen LogP contribution in [0.2, 0.25) is 0 Å². The Kier molecular flexibility index (Phi) is 1.68. The van der Waals surface area contributed by atoms with E-state index in [9.17, 15) is 0 Å². The lowest BCUT2D eigenvalue weighted by Crippen LogP contribution is -2.39. The standard InChI is InChI=1S/C10H14N2/c1-8-7-11-9-5-3-4-6-10(9)12(8)2/h3-6,8,11H,7H2,1-2H3. The third kappa shape index (κ3) is 1.04. The van der Waals surface area contributed by atoms with Crippen LogP contribution in [0.3, 0.4) is 0 Å². The van der Waals surface area contributed by atoms with Gasteiger partial charge in [0, 0.05) is 19.6 Å². The van der Waals surface area contributed by atoms with E-state index in [1.807, 2.05) is 0 Å². The molecule has 2 nitrogen and oxygen atoms in total. The first kappa shape index (κ1) is 7.47. The van der Waals surface area contributed by atoms with Crippen molar-refractivity contribution in [3.8, 4) is 0 Å². The number of fused-ring (bicyclic) bond motifs is 1. The maximum atomic E-state index is 3.40. The van der Waals surface area contributed by atoms with Crippen LogP contribution < -0.4 is 10.2 Å². The molecular formula is C10H14N2. The maximum Gasteiger partial charge on any atom is 0.0602 e. The maximum absolute atomic E-state index is 3.40. The molecule has 0 fully saturated rings. The molecular weight excluding hydrogens is 148 g/mol. The quantitative estimate of drug-likeness (QED) is 0.627. The molecule has 1 N–H and O–H groups in total. The monoisotopic (exact) mass is 162 g/mol. The van der Waals surface area contributed by atoms with E-state index < -0.39 is 0 Å². The molecule has 1 atom stereocenters. The van der Waals surface area contributed by atoms with Crippen LogP contribution in [-0.2, 0) is 0 Å². The third-order valence-electron chi connectivity index (χ3n) is 2.53. The van der Waals surface area contributed by atoms with Crippen LogP contribution in [-0.4, -0.2) is 19.6 Å². The molecule has 0 radical (unpaired) electrons. The Balaban J connectivity index is 2.42. The van der Waals surface area contributed by atoms with Gasteiger partial charge in [-0.25, -0.2) is 0 Å². The number of likely N-dealkylation sites (N-methyl/N-ethyl adjacent to an activating group) is 1. The van der Waals surface area contributed by atoms with Crippen LogP contribution in [0.1, 0.15) is 6.92 Å². The molecule has 1 aromatic carbocycles. The fourth-order valence-electron chi connectivity index (χ4n) is 1.56. The number of hydrogen-bond acceptors (Lipinski definition) is 2. The minimum absolute atomic E-state index is 0.583. The van der Waals surface area contributed by atoms with Crippen molar-refractivity contribution in [1.29, 1.82) is 0 Å². The molecule has 0 saturated carbocycles. The highest BCUT2D eigenvalue weighted by molar-refractivity contribution is 5.72. The zero-order chi connectivity index (χ0) is 8.55. The Hall–Kier alpha value is -1.18. The van der Waals surface area contributed by atoms with Gasteiger partial charge in [0.15, 0.2) is 0 Å². The van der Waals surface area contributed by atoms with Crippen molar-refractivity contribution in [1.82, 2.24) is 0 Å². The molecule has 0 spiro atoms. The molecule has 2 heteroatoms. The van der Waals surface area contributed by atoms with Crippen LogP contribution >= 0.6 is 0 Å². The van der Waals surface area contributed by atoms with Crippen LogP contribution in [0.15, 0.2) is 24.3 Å². The van der Waals surface area contributed by atoms with Crippen molar-refractivity contribution in [2.24, 2.45) is 0 Å². The summed E-state index contributed by atoms with van der Waals surface area (Å²) in [7, 11) is 2.14. The highest BCUT2D eigenvalue weighted by atomic mass is 15.2. The number of nitrogens with zero attached hydrogens (tertiary/aromatic N) is 1. The zero-order valence-electron chi connectivity index (χ0n) is 7.54. The van der Waals surface area contributed by atoms with Gasteiger partial charge < -0.3 is 10.2 Å². The number of anilines is 2. The van der Waals surface area contributed by atoms with Crippen LogP contribution in [0.4, 0.5) is 11.4 Å². The van der Waals surface area contributed by atoms with Crippen molar-refractivity contribution in [2.75, 3.05) is 23.8 Å². The van der Waals surface area contributed by atoms with Gasteiger partial charge in [-0.2, -0.15) is 0 Å². The van der Waals surface area contributed by atoms with Gasteiger partial charge in [-0.1, -0.05) is 12.1 Å². The summed E-state index contributed by atoms with van der Waals surface area (Å²) in [5.74, 6) is 0. The molecule has 0 bridgehead atoms. The molecule has 1 aliphatic heterocycles. The highest BCUT2D eigenvalue weighted by Crippen LogP contribution is 2.29. The van der Waals surface area contributed by atoms with Crippen molar-refractivity contribution >= 4 is 11.4 Å². The van der Waals surface area contributed by atoms with Crippen molar-refractivity contribution in [3.05, 3.63) is 24.3 Å². The second-order valence-corrected chi connectivity index (χ2v) is 3.36. The Morgan fingerprint density at radius 1 is 1.42 bits per heavy atom. The molecule has 1 heterocycles. The molecule has 12 heavy (non-hydrogen) atoms. The summed E-state index contributed by atoms with van der Waals surface area (Å²) in [6.07, 6.45) is 0. The topological polar surface area (TPSA) is 15.3 Å². The normalized spacial score (nSPS) is 21.5. The van der Waals surface area contributed by atoms with Crippen molar-refractivity contribution in [3.63, 3.8) is 0 Å². The van der Waals surface area contributed by atoms with Gasteiger partial charge in [-0.3, -0.25) is 0 Å². The lowest BCUT2D eigenvalue weighted by molar-refractivity contribution is 0.699. The van der Waals surface area contributed by atoms with Crippen LogP contribution in [0, 0.1) is 0 Å². The Morgan fingerprint density at radius 3 is 3.00 bits per heavy atom. The fourth-order valence-corrected chi connectivity index (χ4v) is 1.56. The van der Waals surface area contributed by atoms with Gasteiger partial charge in [-0.05, 0) is 19.1 Å². The summed E-state index contributed by atoms with van der Waals surface area (Å²) in [6.45, 7) is 3.26. The van der Waals surface area contributed by atoms with E-state index >= 15 is 0 Å². The van der Waals surface area contributed by atoms with Gasteiger partial charge in [0.25, 0.3) is 0 Å². The summed E-state index contributed by atoms with van der Waals surface area (Å²) in [6, 6.07) is 9.00. The molecule has 0 saturated heterocycles. The summed E-state index contributed by atoms with van der Waals surface area (Å²) in [5, 5.41) is 3.40. The van der Waals surface area contributed by atoms with E-state index in [4.69, 9.17) is 0 Å². The first-order chi connectivity index (χ1) is 5.79. The van der Waals surface area contributed by atoms with Gasteiger partial charge >= 0.3 is 0 Å². The fraction of sp³-hybridized carbons (Fsp3) is 0.400. The molecule has 1 aromatic rings. The summed E-state index contributed by atoms with van der Waals surface area (Å²) in [5.41, 5.74) is 2.55. The number of nitrogens with one attached hydrogen (secondary N) is 1. The lowest BCUT2D eigenvalue weighted by Gasteiger charge is -2.34. The average Bonchev–Trinajstić information content (AvgIpc) is 2.12. The van der Waals surface area contributed by atoms with E-state index in [1.165, 1.54) is 11.4 Å². The summed E-state index contributed by atoms with van der Waals surface area (Å²) >= 11 is 0. The van der Waals surface area contributed by atoms with E-state index in [2.05, 4.69) is 48.5 Å². The molecule has 64 valence electrons. The SMILES string of the molecule is CC1CNc2ccccc2N1C. The van der Waals surface area contributed by atoms with Gasteiger partial charge in [0.2, 0.25) is 0 Å². The number of hydrogen-bond donors (Lipinski definition) is 1. The predicted molar refractivity (Wildman–Crippen MR) is 52.8 cm³/mol. The van der Waals surface area contributed by atoms with E-state index in [0.717, 1.165) is 6.54 Å². The van der Waals surface area contributed by atoms with Crippen LogP contribution in [0.5, 0.6) is 0 Å². The Bertz CT molecular complexity index is 283. The molecule has 0 aliphatic carbocycles. The molecule has 0 amide bonds. The first-order valence-electron chi connectivity index (χ1n) is 4.35. The number of benzene rings is 1. The minimum Gasteiger partial charge on any atom is -0.381 e. The van der Waals surface area contributed by atoms with E-state index in [0.29, 0.717) is 6.04 Å². The minimum atomic E-state index is 0.583. The Morgan fingerprint density at radius 2 is 2.17 bits per heavy atom.